The van der Waals surface area contributed by atoms with Gasteiger partial charge in [0, 0.05) is 48.7 Å². The third-order valence-corrected chi connectivity index (χ3v) is 5.19. The van der Waals surface area contributed by atoms with Crippen molar-refractivity contribution in [2.75, 3.05) is 24.6 Å². The standard InChI is InChI=1S/C24H26N4O2/c1-2-30-21-11-4-3-8-20(21)17-27-24(29)19-10-7-9-18(16-19)22-23(26-13-12-25-22)28-14-5-6-15-28/h3-4,7-13,16H,2,5-6,14-15,17H2,1H3,(H,27,29). The van der Waals surface area contributed by atoms with Gasteiger partial charge in [-0.05, 0) is 38.0 Å². The van der Waals surface area contributed by atoms with Crippen molar-refractivity contribution < 1.29 is 9.53 Å². The van der Waals surface area contributed by atoms with E-state index in [0.717, 1.165) is 41.5 Å². The summed E-state index contributed by atoms with van der Waals surface area (Å²) in [5.41, 5.74) is 3.26. The first kappa shape index (κ1) is 19.9. The van der Waals surface area contributed by atoms with Crippen LogP contribution in [0.3, 0.4) is 0 Å². The number of nitrogens with one attached hydrogen (secondary N) is 1. The van der Waals surface area contributed by atoms with Crippen LogP contribution in [0, 0.1) is 0 Å². The van der Waals surface area contributed by atoms with Gasteiger partial charge in [-0.1, -0.05) is 30.3 Å². The molecule has 6 nitrogen and oxygen atoms in total. The van der Waals surface area contributed by atoms with Gasteiger partial charge >= 0.3 is 0 Å². The van der Waals surface area contributed by atoms with Crippen molar-refractivity contribution >= 4 is 11.7 Å². The summed E-state index contributed by atoms with van der Waals surface area (Å²) < 4.78 is 5.64. The summed E-state index contributed by atoms with van der Waals surface area (Å²) in [4.78, 5) is 24.2. The van der Waals surface area contributed by atoms with Gasteiger partial charge in [0.15, 0.2) is 5.82 Å². The lowest BCUT2D eigenvalue weighted by atomic mass is 10.1. The van der Waals surface area contributed by atoms with Crippen LogP contribution in [-0.4, -0.2) is 35.6 Å². The summed E-state index contributed by atoms with van der Waals surface area (Å²) in [6.45, 7) is 4.92. The molecule has 0 bridgehead atoms. The van der Waals surface area contributed by atoms with E-state index >= 15 is 0 Å². The number of carbonyl (C=O) groups is 1. The predicted octanol–water partition coefficient (Wildman–Crippen LogP) is 4.07. The predicted molar refractivity (Wildman–Crippen MR) is 118 cm³/mol. The van der Waals surface area contributed by atoms with Gasteiger partial charge in [-0.25, -0.2) is 4.98 Å². The van der Waals surface area contributed by atoms with Crippen LogP contribution in [0.25, 0.3) is 11.3 Å². The zero-order chi connectivity index (χ0) is 20.8. The average molecular weight is 402 g/mol. The van der Waals surface area contributed by atoms with Crippen LogP contribution in [-0.2, 0) is 6.54 Å². The number of hydrogen-bond donors (Lipinski definition) is 1. The quantitative estimate of drug-likeness (QED) is 0.645. The monoisotopic (exact) mass is 402 g/mol. The van der Waals surface area contributed by atoms with Crippen molar-refractivity contribution in [2.24, 2.45) is 0 Å². The highest BCUT2D eigenvalue weighted by atomic mass is 16.5. The minimum absolute atomic E-state index is 0.130. The van der Waals surface area contributed by atoms with Crippen molar-refractivity contribution in [3.05, 3.63) is 72.1 Å². The molecule has 0 radical (unpaired) electrons. The maximum absolute atomic E-state index is 12.8. The number of anilines is 1. The highest BCUT2D eigenvalue weighted by Crippen LogP contribution is 2.29. The summed E-state index contributed by atoms with van der Waals surface area (Å²) in [6.07, 6.45) is 5.76. The topological polar surface area (TPSA) is 67.3 Å². The molecule has 1 amide bonds. The van der Waals surface area contributed by atoms with Crippen LogP contribution in [0.5, 0.6) is 5.75 Å². The van der Waals surface area contributed by atoms with Gasteiger partial charge < -0.3 is 15.0 Å². The first-order chi connectivity index (χ1) is 14.8. The Hall–Kier alpha value is -3.41. The van der Waals surface area contributed by atoms with E-state index < -0.39 is 0 Å². The molecule has 30 heavy (non-hydrogen) atoms. The van der Waals surface area contributed by atoms with Gasteiger partial charge in [0.05, 0.1) is 6.61 Å². The number of hydrogen-bond acceptors (Lipinski definition) is 5. The van der Waals surface area contributed by atoms with Crippen molar-refractivity contribution in [2.45, 2.75) is 26.3 Å². The number of nitrogens with zero attached hydrogens (tertiary/aromatic N) is 3. The zero-order valence-corrected chi connectivity index (χ0v) is 17.2. The van der Waals surface area contributed by atoms with E-state index in [4.69, 9.17) is 4.74 Å². The van der Waals surface area contributed by atoms with E-state index in [0.29, 0.717) is 18.7 Å². The molecule has 1 N–H and O–H groups in total. The summed E-state index contributed by atoms with van der Waals surface area (Å²) >= 11 is 0. The molecule has 6 heteroatoms. The molecule has 2 aromatic carbocycles. The van der Waals surface area contributed by atoms with Gasteiger partial charge in [-0.15, -0.1) is 0 Å². The number of amides is 1. The van der Waals surface area contributed by atoms with Gasteiger partial charge in [0.25, 0.3) is 5.91 Å². The first-order valence-electron chi connectivity index (χ1n) is 10.4. The molecule has 1 saturated heterocycles. The molecular weight excluding hydrogens is 376 g/mol. The Morgan fingerprint density at radius 3 is 2.70 bits per heavy atom. The SMILES string of the molecule is CCOc1ccccc1CNC(=O)c1cccc(-c2nccnc2N2CCCC2)c1. The number of para-hydroxylation sites is 1. The van der Waals surface area contributed by atoms with E-state index in [1.165, 1.54) is 12.8 Å². The lowest BCUT2D eigenvalue weighted by molar-refractivity contribution is 0.0950. The van der Waals surface area contributed by atoms with Crippen LogP contribution in [0.1, 0.15) is 35.7 Å². The Balaban J connectivity index is 1.52. The van der Waals surface area contributed by atoms with Crippen molar-refractivity contribution in [3.63, 3.8) is 0 Å². The summed E-state index contributed by atoms with van der Waals surface area (Å²) in [7, 11) is 0. The first-order valence-corrected chi connectivity index (χ1v) is 10.4. The average Bonchev–Trinajstić information content (AvgIpc) is 3.33. The second-order valence-corrected chi connectivity index (χ2v) is 7.23. The number of benzene rings is 2. The van der Waals surface area contributed by atoms with E-state index in [-0.39, 0.29) is 5.91 Å². The van der Waals surface area contributed by atoms with Crippen molar-refractivity contribution in [1.82, 2.24) is 15.3 Å². The van der Waals surface area contributed by atoms with Gasteiger partial charge in [-0.3, -0.25) is 9.78 Å². The molecule has 1 aromatic heterocycles. The molecule has 1 aliphatic heterocycles. The fourth-order valence-corrected chi connectivity index (χ4v) is 3.73. The molecular formula is C24H26N4O2. The number of carbonyl (C=O) groups excluding carboxylic acids is 1. The lowest BCUT2D eigenvalue weighted by Crippen LogP contribution is -2.23. The highest BCUT2D eigenvalue weighted by molar-refractivity contribution is 5.95. The Morgan fingerprint density at radius 1 is 1.07 bits per heavy atom. The van der Waals surface area contributed by atoms with Crippen LogP contribution < -0.4 is 15.0 Å². The Morgan fingerprint density at radius 2 is 1.87 bits per heavy atom. The maximum atomic E-state index is 12.8. The van der Waals surface area contributed by atoms with E-state index in [1.807, 2.05) is 55.5 Å². The van der Waals surface area contributed by atoms with Crippen molar-refractivity contribution in [3.8, 4) is 17.0 Å². The van der Waals surface area contributed by atoms with Crippen LogP contribution >= 0.6 is 0 Å². The van der Waals surface area contributed by atoms with E-state index in [2.05, 4.69) is 20.2 Å². The lowest BCUT2D eigenvalue weighted by Gasteiger charge is -2.19. The largest absolute Gasteiger partial charge is 0.494 e. The second-order valence-electron chi connectivity index (χ2n) is 7.23. The minimum atomic E-state index is -0.130. The van der Waals surface area contributed by atoms with Crippen LogP contribution in [0.15, 0.2) is 60.9 Å². The third-order valence-electron chi connectivity index (χ3n) is 5.19. The highest BCUT2D eigenvalue weighted by Gasteiger charge is 2.19. The number of aromatic nitrogens is 2. The van der Waals surface area contributed by atoms with Gasteiger partial charge in [0.1, 0.15) is 11.4 Å². The molecule has 154 valence electrons. The smallest absolute Gasteiger partial charge is 0.251 e. The fraction of sp³-hybridized carbons (Fsp3) is 0.292. The Bertz CT molecular complexity index is 1020. The Labute approximate surface area is 176 Å². The molecule has 2 heterocycles. The molecule has 1 fully saturated rings. The molecule has 0 unspecified atom stereocenters. The fourth-order valence-electron chi connectivity index (χ4n) is 3.73. The summed E-state index contributed by atoms with van der Waals surface area (Å²) in [6, 6.07) is 15.3. The van der Waals surface area contributed by atoms with E-state index in [9.17, 15) is 4.79 Å². The molecule has 0 saturated carbocycles. The minimum Gasteiger partial charge on any atom is -0.494 e. The number of rotatable bonds is 7. The maximum Gasteiger partial charge on any atom is 0.251 e. The molecule has 1 aliphatic rings. The molecule has 0 aliphatic carbocycles. The normalized spacial score (nSPS) is 13.3. The summed E-state index contributed by atoms with van der Waals surface area (Å²) in [5, 5.41) is 3.00. The molecule has 3 aromatic rings. The van der Waals surface area contributed by atoms with Crippen LogP contribution in [0.4, 0.5) is 5.82 Å². The van der Waals surface area contributed by atoms with Gasteiger partial charge in [-0.2, -0.15) is 0 Å². The Kier molecular flexibility index (Phi) is 6.23. The van der Waals surface area contributed by atoms with E-state index in [1.54, 1.807) is 12.4 Å². The summed E-state index contributed by atoms with van der Waals surface area (Å²) in [5.74, 6) is 1.55. The molecule has 0 atom stereocenters. The van der Waals surface area contributed by atoms with Crippen LogP contribution in [0.2, 0.25) is 0 Å². The second kappa shape index (κ2) is 9.39. The third kappa shape index (κ3) is 4.43. The zero-order valence-electron chi connectivity index (χ0n) is 17.2. The van der Waals surface area contributed by atoms with Gasteiger partial charge in [0.2, 0.25) is 0 Å². The molecule has 4 rings (SSSR count). The molecule has 0 spiro atoms. The van der Waals surface area contributed by atoms with Crippen molar-refractivity contribution in [1.29, 1.82) is 0 Å². The number of ether oxygens (including phenoxy) is 1.